The predicted octanol–water partition coefficient (Wildman–Crippen LogP) is 6.61. The van der Waals surface area contributed by atoms with Crippen LogP contribution in [0.2, 0.25) is 15.1 Å². The third-order valence-corrected chi connectivity index (χ3v) is 4.48. The maximum absolute atomic E-state index is 14.6. The van der Waals surface area contributed by atoms with Crippen molar-refractivity contribution in [3.8, 4) is 11.1 Å². The molecule has 0 N–H and O–H groups in total. The molecule has 0 nitrogen and oxygen atoms in total. The van der Waals surface area contributed by atoms with Crippen LogP contribution < -0.4 is 0 Å². The zero-order valence-electron chi connectivity index (χ0n) is 10.1. The largest absolute Gasteiger partial charge is 0.206 e. The Bertz CT molecular complexity index is 812. The smallest absolute Gasteiger partial charge is 0.138 e. The van der Waals surface area contributed by atoms with Crippen molar-refractivity contribution in [2.24, 2.45) is 0 Å². The topological polar surface area (TPSA) is 0 Å². The average Bonchev–Trinajstić information content (AvgIpc) is 2.47. The minimum Gasteiger partial charge on any atom is -0.206 e. The second-order valence-electron chi connectivity index (χ2n) is 4.37. The second-order valence-corrected chi connectivity index (χ2v) is 5.53. The molecule has 0 bridgehead atoms. The normalized spacial score (nSPS) is 11.0. The van der Waals surface area contributed by atoms with Gasteiger partial charge in [-0.1, -0.05) is 77.3 Å². The van der Waals surface area contributed by atoms with Gasteiger partial charge in [0.1, 0.15) is 5.82 Å². The summed E-state index contributed by atoms with van der Waals surface area (Å²) < 4.78 is 14.6. The number of halogens is 4. The fourth-order valence-corrected chi connectivity index (χ4v) is 2.81. The second kappa shape index (κ2) is 5.25. The van der Waals surface area contributed by atoms with Gasteiger partial charge in [0.05, 0.1) is 15.1 Å². The Kier molecular flexibility index (Phi) is 3.59. The van der Waals surface area contributed by atoms with Gasteiger partial charge in [0.2, 0.25) is 0 Å². The van der Waals surface area contributed by atoms with Gasteiger partial charge >= 0.3 is 0 Å². The highest BCUT2D eigenvalue weighted by Crippen LogP contribution is 2.40. The number of rotatable bonds is 1. The van der Waals surface area contributed by atoms with E-state index in [9.17, 15) is 4.39 Å². The lowest BCUT2D eigenvalue weighted by Gasteiger charge is -2.10. The van der Waals surface area contributed by atoms with Crippen LogP contribution >= 0.6 is 34.8 Å². The van der Waals surface area contributed by atoms with Crippen molar-refractivity contribution in [3.05, 3.63) is 69.4 Å². The number of hydrogen-bond acceptors (Lipinski definition) is 0. The summed E-state index contributed by atoms with van der Waals surface area (Å²) in [5, 5.41) is 2.23. The SMILES string of the molecule is Fc1c(-c2ccc(Cl)c(Cl)c2Cl)ccc2ccccc12. The molecule has 3 aromatic carbocycles. The van der Waals surface area contributed by atoms with Crippen molar-refractivity contribution in [3.63, 3.8) is 0 Å². The first-order valence-electron chi connectivity index (χ1n) is 5.90. The molecule has 4 heteroatoms. The van der Waals surface area contributed by atoms with Gasteiger partial charge in [-0.3, -0.25) is 0 Å². The van der Waals surface area contributed by atoms with Crippen LogP contribution in [0.15, 0.2) is 48.5 Å². The molecule has 20 heavy (non-hydrogen) atoms. The highest BCUT2D eigenvalue weighted by Gasteiger charge is 2.15. The Morgan fingerprint density at radius 2 is 1.40 bits per heavy atom. The van der Waals surface area contributed by atoms with Crippen LogP contribution in [0.5, 0.6) is 0 Å². The molecule has 0 amide bonds. The summed E-state index contributed by atoms with van der Waals surface area (Å²) in [6, 6.07) is 14.1. The van der Waals surface area contributed by atoms with Gasteiger partial charge in [0.25, 0.3) is 0 Å². The van der Waals surface area contributed by atoms with Gasteiger partial charge in [-0.25, -0.2) is 4.39 Å². The summed E-state index contributed by atoms with van der Waals surface area (Å²) in [7, 11) is 0. The van der Waals surface area contributed by atoms with Gasteiger partial charge in [0.15, 0.2) is 0 Å². The summed E-state index contributed by atoms with van der Waals surface area (Å²) >= 11 is 18.1. The molecule has 0 saturated heterocycles. The molecule has 0 atom stereocenters. The average molecular weight is 326 g/mol. The number of benzene rings is 3. The van der Waals surface area contributed by atoms with Crippen LogP contribution in [0.25, 0.3) is 21.9 Å². The third-order valence-electron chi connectivity index (χ3n) is 3.19. The Morgan fingerprint density at radius 1 is 0.700 bits per heavy atom. The molecule has 0 saturated carbocycles. The predicted molar refractivity (Wildman–Crippen MR) is 84.4 cm³/mol. The minimum absolute atomic E-state index is 0.235. The van der Waals surface area contributed by atoms with Gasteiger partial charge < -0.3 is 0 Å². The van der Waals surface area contributed by atoms with E-state index in [0.717, 1.165) is 5.39 Å². The monoisotopic (exact) mass is 324 g/mol. The van der Waals surface area contributed by atoms with Crippen molar-refractivity contribution >= 4 is 45.6 Å². The summed E-state index contributed by atoms with van der Waals surface area (Å²) in [6.07, 6.45) is 0. The van der Waals surface area contributed by atoms with Crippen molar-refractivity contribution in [2.75, 3.05) is 0 Å². The molecule has 0 spiro atoms. The van der Waals surface area contributed by atoms with Crippen LogP contribution in [0.1, 0.15) is 0 Å². The first kappa shape index (κ1) is 13.7. The van der Waals surface area contributed by atoms with E-state index in [1.54, 1.807) is 30.3 Å². The van der Waals surface area contributed by atoms with Crippen molar-refractivity contribution in [2.45, 2.75) is 0 Å². The van der Waals surface area contributed by atoms with Gasteiger partial charge in [0, 0.05) is 16.5 Å². The molecule has 0 aliphatic heterocycles. The zero-order valence-corrected chi connectivity index (χ0v) is 12.4. The van der Waals surface area contributed by atoms with Crippen LogP contribution in [0.4, 0.5) is 4.39 Å². The molecule has 0 aliphatic carbocycles. The maximum Gasteiger partial charge on any atom is 0.138 e. The Balaban J connectivity index is 2.30. The van der Waals surface area contributed by atoms with E-state index in [1.807, 2.05) is 18.2 Å². The molecule has 100 valence electrons. The molecule has 0 aromatic heterocycles. The highest BCUT2D eigenvalue weighted by molar-refractivity contribution is 6.49. The lowest BCUT2D eigenvalue weighted by molar-refractivity contribution is 0.643. The molecule has 0 radical (unpaired) electrons. The number of hydrogen-bond donors (Lipinski definition) is 0. The fraction of sp³-hybridized carbons (Fsp3) is 0. The van der Waals surface area contributed by atoms with E-state index in [0.29, 0.717) is 21.5 Å². The summed E-state index contributed by atoms with van der Waals surface area (Å²) in [5.41, 5.74) is 0.941. The fourth-order valence-electron chi connectivity index (χ4n) is 2.18. The van der Waals surface area contributed by atoms with Crippen LogP contribution in [-0.4, -0.2) is 0 Å². The van der Waals surface area contributed by atoms with E-state index < -0.39 is 0 Å². The van der Waals surface area contributed by atoms with Gasteiger partial charge in [-0.05, 0) is 11.5 Å². The zero-order chi connectivity index (χ0) is 14.3. The molecule has 3 rings (SSSR count). The molecule has 0 heterocycles. The Morgan fingerprint density at radius 3 is 2.20 bits per heavy atom. The minimum atomic E-state index is -0.316. The molecule has 3 aromatic rings. The first-order valence-corrected chi connectivity index (χ1v) is 7.04. The van der Waals surface area contributed by atoms with E-state index in [-0.39, 0.29) is 15.9 Å². The molecular formula is C16H8Cl3F. The van der Waals surface area contributed by atoms with Crippen LogP contribution in [0, 0.1) is 5.82 Å². The molecule has 0 aliphatic rings. The highest BCUT2D eigenvalue weighted by atomic mass is 35.5. The van der Waals surface area contributed by atoms with E-state index >= 15 is 0 Å². The van der Waals surface area contributed by atoms with Crippen molar-refractivity contribution in [1.82, 2.24) is 0 Å². The quantitative estimate of drug-likeness (QED) is 0.442. The lowest BCUT2D eigenvalue weighted by atomic mass is 10.0. The van der Waals surface area contributed by atoms with Crippen molar-refractivity contribution < 1.29 is 4.39 Å². The lowest BCUT2D eigenvalue weighted by Crippen LogP contribution is -1.88. The van der Waals surface area contributed by atoms with E-state index in [1.165, 1.54) is 0 Å². The standard InChI is InChI=1S/C16H8Cl3F/c17-13-8-7-11(14(18)15(13)19)12-6-5-9-3-1-2-4-10(9)16(12)20/h1-8H. The summed E-state index contributed by atoms with van der Waals surface area (Å²) in [4.78, 5) is 0. The van der Waals surface area contributed by atoms with Gasteiger partial charge in [-0.15, -0.1) is 0 Å². The number of fused-ring (bicyclic) bond motifs is 1. The maximum atomic E-state index is 14.6. The van der Waals surface area contributed by atoms with Crippen molar-refractivity contribution in [1.29, 1.82) is 0 Å². The van der Waals surface area contributed by atoms with Crippen LogP contribution in [0.3, 0.4) is 0 Å². The first-order chi connectivity index (χ1) is 9.59. The van der Waals surface area contributed by atoms with Gasteiger partial charge in [-0.2, -0.15) is 0 Å². The third kappa shape index (κ3) is 2.16. The molecule has 0 unspecified atom stereocenters. The Labute approximate surface area is 130 Å². The molecular weight excluding hydrogens is 318 g/mol. The van der Waals surface area contributed by atoms with Crippen LogP contribution in [-0.2, 0) is 0 Å². The summed E-state index contributed by atoms with van der Waals surface area (Å²) in [5.74, 6) is -0.316. The van der Waals surface area contributed by atoms with E-state index in [4.69, 9.17) is 34.8 Å². The van der Waals surface area contributed by atoms with E-state index in [2.05, 4.69) is 0 Å². The summed E-state index contributed by atoms with van der Waals surface area (Å²) in [6.45, 7) is 0. The molecule has 0 fully saturated rings. The Hall–Kier alpha value is -1.28.